The predicted octanol–water partition coefficient (Wildman–Crippen LogP) is 4.26. The number of hydrogen-bond donors (Lipinski definition) is 3. The van der Waals surface area contributed by atoms with E-state index < -0.39 is 11.9 Å². The molecule has 1 unspecified atom stereocenters. The average molecular weight is 528 g/mol. The van der Waals surface area contributed by atoms with Crippen LogP contribution in [0.2, 0.25) is 0 Å². The Kier molecular flexibility index (Phi) is 7.76. The molecular weight excluding hydrogens is 494 g/mol. The van der Waals surface area contributed by atoms with Gasteiger partial charge in [-0.25, -0.2) is 4.98 Å². The lowest BCUT2D eigenvalue weighted by Crippen LogP contribution is -2.50. The Bertz CT molecular complexity index is 1500. The van der Waals surface area contributed by atoms with Gasteiger partial charge in [0, 0.05) is 31.0 Å². The van der Waals surface area contributed by atoms with E-state index >= 15 is 0 Å². The maximum Gasteiger partial charge on any atom is 0.287 e. The number of nitrogens with one attached hydrogen (secondary N) is 3. The van der Waals surface area contributed by atoms with E-state index in [1.54, 1.807) is 25.4 Å². The van der Waals surface area contributed by atoms with Crippen molar-refractivity contribution in [2.75, 3.05) is 7.05 Å². The number of furan rings is 1. The number of imidazole rings is 1. The second-order valence-electron chi connectivity index (χ2n) is 10.0. The predicted molar refractivity (Wildman–Crippen MR) is 147 cm³/mol. The van der Waals surface area contributed by atoms with Crippen molar-refractivity contribution in [3.8, 4) is 11.3 Å². The second-order valence-corrected chi connectivity index (χ2v) is 10.0. The molecular formula is C30H33N5O4. The summed E-state index contributed by atoms with van der Waals surface area (Å²) < 4.78 is 7.77. The quantitative estimate of drug-likeness (QED) is 0.317. The lowest BCUT2D eigenvalue weighted by Gasteiger charge is -2.29. The van der Waals surface area contributed by atoms with E-state index in [2.05, 4.69) is 20.9 Å². The molecule has 3 N–H and O–H groups in total. The number of rotatable bonds is 8. The van der Waals surface area contributed by atoms with E-state index in [1.165, 1.54) is 0 Å². The van der Waals surface area contributed by atoms with Crippen LogP contribution in [-0.2, 0) is 11.3 Å². The molecule has 3 amide bonds. The van der Waals surface area contributed by atoms with Crippen LogP contribution in [0.1, 0.15) is 64.4 Å². The molecule has 9 heteroatoms. The first-order valence-corrected chi connectivity index (χ1v) is 13.4. The van der Waals surface area contributed by atoms with Crippen molar-refractivity contribution in [1.29, 1.82) is 0 Å². The molecule has 9 nitrogen and oxygen atoms in total. The summed E-state index contributed by atoms with van der Waals surface area (Å²) in [4.78, 5) is 42.6. The van der Waals surface area contributed by atoms with Gasteiger partial charge in [-0.05, 0) is 61.6 Å². The normalized spacial score (nSPS) is 14.6. The van der Waals surface area contributed by atoms with Crippen molar-refractivity contribution < 1.29 is 18.8 Å². The van der Waals surface area contributed by atoms with Crippen LogP contribution in [0.25, 0.3) is 17.0 Å². The third-order valence-electron chi connectivity index (χ3n) is 7.36. The SMILES string of the molecule is CNC(=O)C(NC(=O)c1ccc(-c2cccc(CNC(=O)c3cn4c(C)cccc4n3)c2)o1)C1CCCCC1. The number of benzene rings is 1. The summed E-state index contributed by atoms with van der Waals surface area (Å²) in [6.45, 7) is 2.27. The van der Waals surface area contributed by atoms with Gasteiger partial charge < -0.3 is 24.8 Å². The van der Waals surface area contributed by atoms with Gasteiger partial charge in [-0.1, -0.05) is 43.5 Å². The minimum Gasteiger partial charge on any atom is -0.451 e. The molecule has 39 heavy (non-hydrogen) atoms. The molecule has 1 saturated carbocycles. The third-order valence-corrected chi connectivity index (χ3v) is 7.36. The van der Waals surface area contributed by atoms with Gasteiger partial charge in [0.15, 0.2) is 5.76 Å². The van der Waals surface area contributed by atoms with Crippen LogP contribution in [-0.4, -0.2) is 40.2 Å². The molecule has 4 aromatic rings. The summed E-state index contributed by atoms with van der Waals surface area (Å²) in [5.41, 5.74) is 3.72. The highest BCUT2D eigenvalue weighted by Gasteiger charge is 2.31. The van der Waals surface area contributed by atoms with E-state index in [4.69, 9.17) is 4.42 Å². The van der Waals surface area contributed by atoms with Gasteiger partial charge in [-0.3, -0.25) is 14.4 Å². The molecule has 0 saturated heterocycles. The van der Waals surface area contributed by atoms with E-state index in [0.717, 1.165) is 54.6 Å². The number of pyridine rings is 1. The van der Waals surface area contributed by atoms with E-state index in [-0.39, 0.29) is 23.5 Å². The summed E-state index contributed by atoms with van der Waals surface area (Å²) in [7, 11) is 1.59. The van der Waals surface area contributed by atoms with Gasteiger partial charge in [0.1, 0.15) is 23.1 Å². The Morgan fingerprint density at radius 2 is 1.82 bits per heavy atom. The molecule has 202 valence electrons. The highest BCUT2D eigenvalue weighted by Crippen LogP contribution is 2.28. The maximum absolute atomic E-state index is 13.0. The van der Waals surface area contributed by atoms with Crippen molar-refractivity contribution in [3.63, 3.8) is 0 Å². The fourth-order valence-electron chi connectivity index (χ4n) is 5.21. The molecule has 1 aliphatic rings. The molecule has 5 rings (SSSR count). The zero-order valence-electron chi connectivity index (χ0n) is 22.2. The summed E-state index contributed by atoms with van der Waals surface area (Å²) in [6.07, 6.45) is 6.86. The molecule has 3 heterocycles. The minimum atomic E-state index is -0.583. The molecule has 1 atom stereocenters. The van der Waals surface area contributed by atoms with Gasteiger partial charge in [-0.2, -0.15) is 0 Å². The highest BCUT2D eigenvalue weighted by atomic mass is 16.4. The lowest BCUT2D eigenvalue weighted by molar-refractivity contribution is -0.124. The lowest BCUT2D eigenvalue weighted by atomic mass is 9.83. The Morgan fingerprint density at radius 3 is 2.59 bits per heavy atom. The summed E-state index contributed by atoms with van der Waals surface area (Å²) in [5.74, 6) is -0.0615. The minimum absolute atomic E-state index is 0.119. The van der Waals surface area contributed by atoms with Crippen LogP contribution >= 0.6 is 0 Å². The van der Waals surface area contributed by atoms with Crippen molar-refractivity contribution in [3.05, 3.63) is 83.5 Å². The number of fused-ring (bicyclic) bond motifs is 1. The van der Waals surface area contributed by atoms with Crippen LogP contribution in [0.4, 0.5) is 0 Å². The van der Waals surface area contributed by atoms with Gasteiger partial charge in [0.05, 0.1) is 0 Å². The molecule has 0 aliphatic heterocycles. The molecule has 0 radical (unpaired) electrons. The molecule has 3 aromatic heterocycles. The van der Waals surface area contributed by atoms with Crippen molar-refractivity contribution >= 4 is 23.4 Å². The monoisotopic (exact) mass is 527 g/mol. The van der Waals surface area contributed by atoms with Crippen LogP contribution in [0, 0.1) is 12.8 Å². The number of aromatic nitrogens is 2. The number of carbonyl (C=O) groups excluding carboxylic acids is 3. The Labute approximate surface area is 227 Å². The third kappa shape index (κ3) is 5.87. The number of nitrogens with zero attached hydrogens (tertiary/aromatic N) is 2. The molecule has 0 spiro atoms. The van der Waals surface area contributed by atoms with Crippen molar-refractivity contribution in [1.82, 2.24) is 25.3 Å². The van der Waals surface area contributed by atoms with Gasteiger partial charge in [-0.15, -0.1) is 0 Å². The number of carbonyl (C=O) groups is 3. The zero-order chi connectivity index (χ0) is 27.4. The van der Waals surface area contributed by atoms with Crippen LogP contribution in [0.5, 0.6) is 0 Å². The first-order chi connectivity index (χ1) is 18.9. The first-order valence-electron chi connectivity index (χ1n) is 13.4. The van der Waals surface area contributed by atoms with Crippen LogP contribution in [0.15, 0.2) is 65.2 Å². The summed E-state index contributed by atoms with van der Waals surface area (Å²) in [6, 6.07) is 16.1. The van der Waals surface area contributed by atoms with Crippen LogP contribution in [0.3, 0.4) is 0 Å². The first kappa shape index (κ1) is 26.2. The van der Waals surface area contributed by atoms with Crippen molar-refractivity contribution in [2.45, 2.75) is 51.6 Å². The molecule has 1 aliphatic carbocycles. The van der Waals surface area contributed by atoms with E-state index in [1.807, 2.05) is 53.8 Å². The van der Waals surface area contributed by atoms with Gasteiger partial charge in [0.25, 0.3) is 11.8 Å². The fraction of sp³-hybridized carbons (Fsp3) is 0.333. The molecule has 0 bridgehead atoms. The van der Waals surface area contributed by atoms with Crippen LogP contribution < -0.4 is 16.0 Å². The zero-order valence-corrected chi connectivity index (χ0v) is 22.2. The molecule has 1 fully saturated rings. The number of amides is 3. The average Bonchev–Trinajstić information content (AvgIpc) is 3.64. The van der Waals surface area contributed by atoms with Crippen molar-refractivity contribution in [2.24, 2.45) is 5.92 Å². The second kappa shape index (κ2) is 11.6. The van der Waals surface area contributed by atoms with Gasteiger partial charge in [0.2, 0.25) is 5.91 Å². The smallest absolute Gasteiger partial charge is 0.287 e. The Balaban J connectivity index is 1.24. The standard InChI is InChI=1S/C30H33N5O4/c1-19-8-6-13-26-33-23(18-35(19)26)28(36)32-17-20-9-7-12-22(16-20)24-14-15-25(39-24)29(37)34-27(30(38)31-2)21-10-4-3-5-11-21/h6-9,12-16,18,21,27H,3-5,10-11,17H2,1-2H3,(H,31,38)(H,32,36)(H,34,37). The number of hydrogen-bond acceptors (Lipinski definition) is 5. The van der Waals surface area contributed by atoms with E-state index in [0.29, 0.717) is 18.0 Å². The number of likely N-dealkylation sites (N-methyl/N-ethyl adjacent to an activating group) is 1. The molecule has 1 aromatic carbocycles. The maximum atomic E-state index is 13.0. The summed E-state index contributed by atoms with van der Waals surface area (Å²) in [5, 5.41) is 8.49. The number of aryl methyl sites for hydroxylation is 1. The Hall–Kier alpha value is -4.40. The fourth-order valence-corrected chi connectivity index (χ4v) is 5.21. The highest BCUT2D eigenvalue weighted by molar-refractivity contribution is 5.96. The topological polar surface area (TPSA) is 118 Å². The largest absolute Gasteiger partial charge is 0.451 e. The summed E-state index contributed by atoms with van der Waals surface area (Å²) >= 11 is 0. The Morgan fingerprint density at radius 1 is 1.03 bits per heavy atom. The van der Waals surface area contributed by atoms with Gasteiger partial charge >= 0.3 is 0 Å². The van der Waals surface area contributed by atoms with E-state index in [9.17, 15) is 14.4 Å².